The Morgan fingerprint density at radius 2 is 1.77 bits per heavy atom. The van der Waals surface area contributed by atoms with Crippen LogP contribution in [0.2, 0.25) is 5.02 Å². The Kier molecular flexibility index (Phi) is 8.26. The number of amides is 4. The number of halogens is 2. The first-order chi connectivity index (χ1) is 18.7. The lowest BCUT2D eigenvalue weighted by Crippen LogP contribution is -2.36. The number of carbonyl (C=O) groups is 4. The number of carboxylic acid groups (broad SMARTS) is 1. The van der Waals surface area contributed by atoms with Gasteiger partial charge >= 0.3 is 6.09 Å². The first-order valence-corrected chi connectivity index (χ1v) is 12.1. The van der Waals surface area contributed by atoms with E-state index in [1.165, 1.54) is 25.2 Å². The number of imide groups is 1. The molecule has 1 aliphatic rings. The third-order valence-electron chi connectivity index (χ3n) is 6.07. The summed E-state index contributed by atoms with van der Waals surface area (Å²) in [5.41, 5.74) is 3.33. The van der Waals surface area contributed by atoms with Crippen molar-refractivity contribution < 1.29 is 33.1 Å². The Labute approximate surface area is 227 Å². The topological polar surface area (TPSA) is 129 Å². The summed E-state index contributed by atoms with van der Waals surface area (Å²) in [6.07, 6.45) is 0.675. The predicted molar refractivity (Wildman–Crippen MR) is 141 cm³/mol. The molecule has 0 saturated heterocycles. The molecule has 0 atom stereocenters. The summed E-state index contributed by atoms with van der Waals surface area (Å²) in [7, 11) is 1.51. The third kappa shape index (κ3) is 6.42. The summed E-state index contributed by atoms with van der Waals surface area (Å²) >= 11 is 6.17. The van der Waals surface area contributed by atoms with Crippen molar-refractivity contribution in [1.29, 1.82) is 0 Å². The molecule has 0 radical (unpaired) electrons. The molecule has 200 valence electrons. The Hall–Kier alpha value is -4.70. The number of fused-ring (bicyclic) bond motifs is 2. The second-order valence-corrected chi connectivity index (χ2v) is 9.01. The van der Waals surface area contributed by atoms with Crippen LogP contribution in [0.15, 0.2) is 71.3 Å². The normalized spacial score (nSPS) is 12.1. The van der Waals surface area contributed by atoms with Crippen LogP contribution in [0.3, 0.4) is 0 Å². The van der Waals surface area contributed by atoms with Crippen LogP contribution in [0.5, 0.6) is 0 Å². The average molecular weight is 552 g/mol. The van der Waals surface area contributed by atoms with Gasteiger partial charge in [0.05, 0.1) is 16.8 Å². The van der Waals surface area contributed by atoms with Gasteiger partial charge in [-0.2, -0.15) is 0 Å². The number of benzene rings is 3. The highest BCUT2D eigenvalue weighted by atomic mass is 35.5. The molecule has 2 heterocycles. The van der Waals surface area contributed by atoms with Gasteiger partial charge in [0.1, 0.15) is 11.4 Å². The van der Waals surface area contributed by atoms with Crippen LogP contribution < -0.4 is 10.6 Å². The van der Waals surface area contributed by atoms with E-state index in [0.717, 1.165) is 16.5 Å². The largest absolute Gasteiger partial charge is 0.465 e. The van der Waals surface area contributed by atoms with Gasteiger partial charge in [-0.3, -0.25) is 19.7 Å². The molecular weight excluding hydrogens is 529 g/mol. The number of nitrogens with one attached hydrogen (secondary N) is 2. The van der Waals surface area contributed by atoms with Crippen molar-refractivity contribution in [2.45, 2.75) is 13.0 Å². The van der Waals surface area contributed by atoms with Gasteiger partial charge in [-0.25, -0.2) is 9.18 Å². The average Bonchev–Trinajstić information content (AvgIpc) is 3.39. The molecule has 0 unspecified atom stereocenters. The standard InChI is InChI=1S/C20H15ClN2O5.C8H8FNO/c21-16-8-14-10-23(5-3-12(14)7-15(16)18(24)22-20(26)27)19(25)13-2-1-11-4-6-28-17(11)9-13;1-10-8(11)6-3-2-4-7(9)5-6/h1-2,4,6-9H,3,5,10H2,(H,22,24)(H,26,27);2-5H,1H3,(H,10,11). The van der Waals surface area contributed by atoms with Crippen LogP contribution >= 0.6 is 11.6 Å². The third-order valence-corrected chi connectivity index (χ3v) is 6.38. The van der Waals surface area contributed by atoms with Crippen LogP contribution in [-0.2, 0) is 13.0 Å². The summed E-state index contributed by atoms with van der Waals surface area (Å²) in [5, 5.41) is 14.0. The van der Waals surface area contributed by atoms with E-state index in [1.54, 1.807) is 46.8 Å². The maximum Gasteiger partial charge on any atom is 0.411 e. The van der Waals surface area contributed by atoms with Crippen molar-refractivity contribution in [2.75, 3.05) is 13.6 Å². The summed E-state index contributed by atoms with van der Waals surface area (Å²) < 4.78 is 17.8. The quantitative estimate of drug-likeness (QED) is 0.333. The second kappa shape index (κ2) is 11.8. The molecular formula is C28H23ClFN3O6. The van der Waals surface area contributed by atoms with Gasteiger partial charge in [-0.15, -0.1) is 0 Å². The van der Waals surface area contributed by atoms with Crippen molar-refractivity contribution in [3.05, 3.63) is 106 Å². The van der Waals surface area contributed by atoms with Crippen molar-refractivity contribution in [2.24, 2.45) is 0 Å². The predicted octanol–water partition coefficient (Wildman–Crippen LogP) is 4.88. The molecule has 9 nitrogen and oxygen atoms in total. The highest BCUT2D eigenvalue weighted by molar-refractivity contribution is 6.34. The zero-order valence-corrected chi connectivity index (χ0v) is 21.4. The van der Waals surface area contributed by atoms with Crippen molar-refractivity contribution in [3.63, 3.8) is 0 Å². The van der Waals surface area contributed by atoms with Gasteiger partial charge in [0.15, 0.2) is 0 Å². The molecule has 0 saturated carbocycles. The fourth-order valence-electron chi connectivity index (χ4n) is 4.14. The second-order valence-electron chi connectivity index (χ2n) is 8.60. The highest BCUT2D eigenvalue weighted by Crippen LogP contribution is 2.28. The summed E-state index contributed by atoms with van der Waals surface area (Å²) in [4.78, 5) is 48.1. The summed E-state index contributed by atoms with van der Waals surface area (Å²) in [6, 6.07) is 15.9. The molecule has 3 aromatic carbocycles. The van der Waals surface area contributed by atoms with E-state index in [2.05, 4.69) is 5.32 Å². The maximum atomic E-state index is 12.9. The lowest BCUT2D eigenvalue weighted by atomic mass is 9.96. The molecule has 39 heavy (non-hydrogen) atoms. The van der Waals surface area contributed by atoms with Crippen LogP contribution in [-0.4, -0.2) is 47.4 Å². The molecule has 0 bridgehead atoms. The number of carbonyl (C=O) groups excluding carboxylic acids is 3. The molecule has 4 aromatic rings. The first kappa shape index (κ1) is 27.3. The van der Waals surface area contributed by atoms with Crippen LogP contribution in [0.1, 0.15) is 42.2 Å². The fourth-order valence-corrected chi connectivity index (χ4v) is 4.41. The Balaban J connectivity index is 0.000000270. The monoisotopic (exact) mass is 551 g/mol. The van der Waals surface area contributed by atoms with Gasteiger partial charge in [0.2, 0.25) is 0 Å². The molecule has 11 heteroatoms. The lowest BCUT2D eigenvalue weighted by molar-refractivity contribution is 0.0733. The van der Waals surface area contributed by atoms with Crippen LogP contribution in [0.4, 0.5) is 9.18 Å². The lowest BCUT2D eigenvalue weighted by Gasteiger charge is -2.29. The van der Waals surface area contributed by atoms with Crippen LogP contribution in [0, 0.1) is 5.82 Å². The Bertz CT molecular complexity index is 1580. The van der Waals surface area contributed by atoms with E-state index < -0.39 is 17.8 Å². The molecule has 0 aliphatic carbocycles. The van der Waals surface area contributed by atoms with Crippen molar-refractivity contribution >= 4 is 46.4 Å². The molecule has 3 N–H and O–H groups in total. The molecule has 4 amide bonds. The number of nitrogens with zero attached hydrogens (tertiary/aromatic N) is 1. The molecule has 5 rings (SSSR count). The Morgan fingerprint density at radius 3 is 2.49 bits per heavy atom. The van der Waals surface area contributed by atoms with Gasteiger partial charge in [-0.1, -0.05) is 23.7 Å². The molecule has 1 aromatic heterocycles. The number of rotatable bonds is 3. The fraction of sp³-hybridized carbons (Fsp3) is 0.143. The van der Waals surface area contributed by atoms with Crippen molar-refractivity contribution in [1.82, 2.24) is 15.5 Å². The Morgan fingerprint density at radius 1 is 0.974 bits per heavy atom. The number of furan rings is 1. The van der Waals surface area contributed by atoms with Gasteiger partial charge in [0.25, 0.3) is 17.7 Å². The first-order valence-electron chi connectivity index (χ1n) is 11.8. The zero-order chi connectivity index (χ0) is 28.1. The zero-order valence-electron chi connectivity index (χ0n) is 20.7. The SMILES string of the molecule is CNC(=O)c1cccc(F)c1.O=C(O)NC(=O)c1cc2c(cc1Cl)CN(C(=O)c1ccc3ccoc3c1)CC2. The van der Waals surface area contributed by atoms with E-state index in [4.69, 9.17) is 21.1 Å². The van der Waals surface area contributed by atoms with E-state index in [9.17, 15) is 23.6 Å². The maximum absolute atomic E-state index is 12.9. The van der Waals surface area contributed by atoms with Gasteiger partial charge < -0.3 is 19.7 Å². The molecule has 1 aliphatic heterocycles. The van der Waals surface area contributed by atoms with E-state index >= 15 is 0 Å². The minimum absolute atomic E-state index is 0.103. The highest BCUT2D eigenvalue weighted by Gasteiger charge is 2.25. The van der Waals surface area contributed by atoms with E-state index in [1.807, 2.05) is 12.1 Å². The number of hydrogen-bond acceptors (Lipinski definition) is 5. The van der Waals surface area contributed by atoms with Gasteiger partial charge in [-0.05, 0) is 66.1 Å². The minimum atomic E-state index is -1.44. The molecule has 0 fully saturated rings. The van der Waals surface area contributed by atoms with Gasteiger partial charge in [0, 0.05) is 36.7 Å². The smallest absolute Gasteiger partial charge is 0.411 e. The van der Waals surface area contributed by atoms with Crippen LogP contribution in [0.25, 0.3) is 11.0 Å². The number of hydrogen-bond donors (Lipinski definition) is 3. The van der Waals surface area contributed by atoms with E-state index in [-0.39, 0.29) is 22.4 Å². The summed E-state index contributed by atoms with van der Waals surface area (Å²) in [6.45, 7) is 0.828. The minimum Gasteiger partial charge on any atom is -0.465 e. The molecule has 0 spiro atoms. The van der Waals surface area contributed by atoms with E-state index in [0.29, 0.717) is 36.2 Å². The summed E-state index contributed by atoms with van der Waals surface area (Å²) in [5.74, 6) is -1.56. The van der Waals surface area contributed by atoms with Crippen molar-refractivity contribution in [3.8, 4) is 0 Å².